The van der Waals surface area contributed by atoms with Gasteiger partial charge in [0.25, 0.3) is 5.91 Å². The van der Waals surface area contributed by atoms with Gasteiger partial charge in [-0.1, -0.05) is 78.9 Å². The molecule has 1 aliphatic rings. The molecule has 0 spiro atoms. The number of pyridine rings is 1. The van der Waals surface area contributed by atoms with Gasteiger partial charge in [0.05, 0.1) is 23.7 Å². The first-order valence-electron chi connectivity index (χ1n) is 16.2. The third-order valence-electron chi connectivity index (χ3n) is 9.02. The summed E-state index contributed by atoms with van der Waals surface area (Å²) in [6.07, 6.45) is 2.45. The summed E-state index contributed by atoms with van der Waals surface area (Å²) < 4.78 is 7.24. The first kappa shape index (κ1) is 32.0. The zero-order valence-electron chi connectivity index (χ0n) is 27.0. The summed E-state index contributed by atoms with van der Waals surface area (Å²) in [5.74, 6) is 0.473. The Bertz CT molecular complexity index is 1770. The molecular formula is C39H41N5O3. The molecule has 1 saturated heterocycles. The fourth-order valence-electron chi connectivity index (χ4n) is 6.53. The van der Waals surface area contributed by atoms with E-state index in [-0.39, 0.29) is 24.0 Å². The van der Waals surface area contributed by atoms with Crippen molar-refractivity contribution >= 4 is 11.7 Å². The average molecular weight is 628 g/mol. The molecule has 0 aliphatic carbocycles. The second-order valence-corrected chi connectivity index (χ2v) is 12.2. The van der Waals surface area contributed by atoms with E-state index in [4.69, 9.17) is 9.84 Å². The van der Waals surface area contributed by atoms with Crippen LogP contribution < -0.4 is 5.32 Å². The van der Waals surface area contributed by atoms with Crippen molar-refractivity contribution in [1.82, 2.24) is 25.0 Å². The minimum Gasteiger partial charge on any atom is -0.383 e. The van der Waals surface area contributed by atoms with Gasteiger partial charge < -0.3 is 15.0 Å². The summed E-state index contributed by atoms with van der Waals surface area (Å²) in [7, 11) is 1.73. The van der Waals surface area contributed by atoms with E-state index in [1.165, 1.54) is 5.56 Å². The van der Waals surface area contributed by atoms with Crippen molar-refractivity contribution in [3.63, 3.8) is 0 Å². The van der Waals surface area contributed by atoms with Gasteiger partial charge in [-0.05, 0) is 53.8 Å². The molecule has 240 valence electrons. The first-order chi connectivity index (χ1) is 23.0. The average Bonchev–Trinajstić information content (AvgIpc) is 3.67. The van der Waals surface area contributed by atoms with Crippen molar-refractivity contribution < 1.29 is 14.3 Å². The summed E-state index contributed by atoms with van der Waals surface area (Å²) in [5, 5.41) is 7.93. The Hall–Kier alpha value is -4.92. The highest BCUT2D eigenvalue weighted by Gasteiger charge is 2.35. The Morgan fingerprint density at radius 3 is 2.28 bits per heavy atom. The molecule has 1 aliphatic heterocycles. The van der Waals surface area contributed by atoms with Gasteiger partial charge in [0.2, 0.25) is 0 Å². The molecule has 8 nitrogen and oxygen atoms in total. The van der Waals surface area contributed by atoms with Gasteiger partial charge in [0.15, 0.2) is 0 Å². The van der Waals surface area contributed by atoms with Crippen molar-refractivity contribution in [3.8, 4) is 16.9 Å². The fraction of sp³-hybridized carbons (Fsp3) is 0.282. The first-order valence-corrected chi connectivity index (χ1v) is 16.2. The van der Waals surface area contributed by atoms with Crippen LogP contribution in [-0.4, -0.2) is 64.7 Å². The van der Waals surface area contributed by atoms with Crippen molar-refractivity contribution in [3.05, 3.63) is 137 Å². The van der Waals surface area contributed by atoms with Gasteiger partial charge in [-0.25, -0.2) is 4.68 Å². The lowest BCUT2D eigenvalue weighted by Gasteiger charge is -2.18. The van der Waals surface area contributed by atoms with Gasteiger partial charge >= 0.3 is 0 Å². The molecule has 0 bridgehead atoms. The molecule has 8 heteroatoms. The zero-order chi connectivity index (χ0) is 32.6. The van der Waals surface area contributed by atoms with Gasteiger partial charge in [-0.2, -0.15) is 5.10 Å². The van der Waals surface area contributed by atoms with Gasteiger partial charge in [-0.15, -0.1) is 0 Å². The Kier molecular flexibility index (Phi) is 10.3. The number of aromatic nitrogens is 3. The number of methoxy groups -OCH3 is 1. The van der Waals surface area contributed by atoms with Crippen molar-refractivity contribution in [2.75, 3.05) is 33.4 Å². The second kappa shape index (κ2) is 15.1. The van der Waals surface area contributed by atoms with Gasteiger partial charge in [0.1, 0.15) is 11.5 Å². The molecule has 3 heterocycles. The van der Waals surface area contributed by atoms with E-state index in [1.54, 1.807) is 19.4 Å². The number of ketones is 1. The molecule has 0 unspecified atom stereocenters. The maximum absolute atomic E-state index is 13.9. The smallest absolute Gasteiger partial charge is 0.270 e. The second-order valence-electron chi connectivity index (χ2n) is 12.2. The summed E-state index contributed by atoms with van der Waals surface area (Å²) in [6.45, 7) is 5.76. The van der Waals surface area contributed by atoms with Crippen LogP contribution in [0.3, 0.4) is 0 Å². The maximum atomic E-state index is 13.9. The minimum atomic E-state index is -0.236. The summed E-state index contributed by atoms with van der Waals surface area (Å²) in [5.41, 5.74) is 6.86. The monoisotopic (exact) mass is 627 g/mol. The van der Waals surface area contributed by atoms with Crippen LogP contribution in [0.2, 0.25) is 0 Å². The van der Waals surface area contributed by atoms with E-state index in [0.717, 1.165) is 53.4 Å². The number of carbonyl (C=O) groups is 2. The van der Waals surface area contributed by atoms with Crippen molar-refractivity contribution in [2.45, 2.75) is 32.2 Å². The number of benzene rings is 3. The number of nitrogens with zero attached hydrogens (tertiary/aromatic N) is 4. The van der Waals surface area contributed by atoms with E-state index >= 15 is 0 Å². The predicted octanol–water partition coefficient (Wildman–Crippen LogP) is 6.04. The quantitative estimate of drug-likeness (QED) is 0.171. The van der Waals surface area contributed by atoms with Crippen LogP contribution in [-0.2, 0) is 22.5 Å². The lowest BCUT2D eigenvalue weighted by atomic mass is 9.85. The predicted molar refractivity (Wildman–Crippen MR) is 183 cm³/mol. The minimum absolute atomic E-state index is 0.194. The molecule has 1 N–H and O–H groups in total. The van der Waals surface area contributed by atoms with Gasteiger partial charge in [0, 0.05) is 63.8 Å². The number of hydrogen-bond donors (Lipinski definition) is 1. The molecular weight excluding hydrogens is 586 g/mol. The molecule has 1 amide bonds. The van der Waals surface area contributed by atoms with Crippen molar-refractivity contribution in [1.29, 1.82) is 0 Å². The lowest BCUT2D eigenvalue weighted by molar-refractivity contribution is -0.119. The highest BCUT2D eigenvalue weighted by molar-refractivity contribution is 5.92. The topological polar surface area (TPSA) is 89.3 Å². The molecule has 2 atom stereocenters. The Labute approximate surface area is 276 Å². The summed E-state index contributed by atoms with van der Waals surface area (Å²) >= 11 is 0. The fourth-order valence-corrected chi connectivity index (χ4v) is 6.53. The largest absolute Gasteiger partial charge is 0.383 e. The maximum Gasteiger partial charge on any atom is 0.270 e. The summed E-state index contributed by atoms with van der Waals surface area (Å²) in [6, 6.07) is 33.8. The number of rotatable bonds is 13. The molecule has 6 rings (SSSR count). The standard InChI is InChI=1S/C39H41N5O3/c1-28-37(23-34(45)22-32-26-43(20-21-47-2)27-35(32)30-14-8-4-9-15-30)44(33-16-10-5-11-17-33)42-38(28)31-18-19-36(40-25-31)39(46)41-24-29-12-6-3-7-13-29/h3-19,25,32,35H,20-24,26-27H2,1-2H3,(H,41,46)/t32-,35+/m1/s1. The number of ether oxygens (including phenoxy) is 1. The summed E-state index contributed by atoms with van der Waals surface area (Å²) in [4.78, 5) is 33.6. The van der Waals surface area contributed by atoms with Crippen LogP contribution in [0, 0.1) is 12.8 Å². The van der Waals surface area contributed by atoms with Crippen LogP contribution in [0.4, 0.5) is 0 Å². The number of likely N-dealkylation sites (tertiary alicyclic amines) is 1. The number of hydrogen-bond acceptors (Lipinski definition) is 6. The molecule has 0 saturated carbocycles. The molecule has 47 heavy (non-hydrogen) atoms. The molecule has 1 fully saturated rings. The van der Waals surface area contributed by atoms with Crippen LogP contribution in [0.5, 0.6) is 0 Å². The highest BCUT2D eigenvalue weighted by atomic mass is 16.5. The molecule has 2 aromatic heterocycles. The Morgan fingerprint density at radius 1 is 0.894 bits per heavy atom. The SMILES string of the molecule is COCCN1C[C@@H](CC(=O)Cc2c(C)c(-c3ccc(C(=O)NCc4ccccc4)nc3)nn2-c2ccccc2)[C@H](c2ccccc2)C1. The van der Waals surface area contributed by atoms with E-state index in [9.17, 15) is 9.59 Å². The van der Waals surface area contributed by atoms with E-state index < -0.39 is 0 Å². The normalized spacial score (nSPS) is 16.3. The molecule has 3 aromatic carbocycles. The number of amides is 1. The number of Topliss-reactive ketones (excluding diaryl/α,β-unsaturated/α-hetero) is 1. The van der Waals surface area contributed by atoms with E-state index in [2.05, 4.69) is 39.5 Å². The third kappa shape index (κ3) is 7.73. The Balaban J connectivity index is 1.22. The number of carbonyl (C=O) groups excluding carboxylic acids is 2. The molecule has 0 radical (unpaired) electrons. The number of nitrogens with one attached hydrogen (secondary N) is 1. The van der Waals surface area contributed by atoms with E-state index in [1.807, 2.05) is 84.4 Å². The highest BCUT2D eigenvalue weighted by Crippen LogP contribution is 2.35. The lowest BCUT2D eigenvalue weighted by Crippen LogP contribution is -2.25. The van der Waals surface area contributed by atoms with Crippen LogP contribution in [0.1, 0.15) is 45.2 Å². The van der Waals surface area contributed by atoms with Crippen LogP contribution in [0.15, 0.2) is 109 Å². The van der Waals surface area contributed by atoms with E-state index in [0.29, 0.717) is 31.2 Å². The number of para-hydroxylation sites is 1. The van der Waals surface area contributed by atoms with Crippen LogP contribution in [0.25, 0.3) is 16.9 Å². The van der Waals surface area contributed by atoms with Crippen LogP contribution >= 0.6 is 0 Å². The third-order valence-corrected chi connectivity index (χ3v) is 9.02. The van der Waals surface area contributed by atoms with Crippen molar-refractivity contribution in [2.24, 2.45) is 5.92 Å². The zero-order valence-corrected chi connectivity index (χ0v) is 27.0. The molecule has 5 aromatic rings. The Morgan fingerprint density at radius 2 is 1.60 bits per heavy atom. The van der Waals surface area contributed by atoms with Gasteiger partial charge in [-0.3, -0.25) is 14.6 Å².